The Bertz CT molecular complexity index is 717. The van der Waals surface area contributed by atoms with E-state index in [9.17, 15) is 15.2 Å². The number of phenols is 1. The SMILES string of the molecule is O=[N+]([O-])c1ccc(O)c(/C=N/NC(=S)Cc2ccccc2)c1. The highest BCUT2D eigenvalue weighted by atomic mass is 32.1. The average Bonchev–Trinajstić information content (AvgIpc) is 2.50. The molecule has 0 aliphatic carbocycles. The highest BCUT2D eigenvalue weighted by Crippen LogP contribution is 2.21. The predicted octanol–water partition coefficient (Wildman–Crippen LogP) is 2.79. The van der Waals surface area contributed by atoms with Gasteiger partial charge in [-0.05, 0) is 11.6 Å². The number of nitro benzene ring substituents is 1. The van der Waals surface area contributed by atoms with Crippen LogP contribution in [0.4, 0.5) is 5.69 Å². The third kappa shape index (κ3) is 4.35. The van der Waals surface area contributed by atoms with Gasteiger partial charge >= 0.3 is 0 Å². The minimum absolute atomic E-state index is 0.0925. The Hall–Kier alpha value is -2.80. The van der Waals surface area contributed by atoms with Gasteiger partial charge in [0.05, 0.1) is 11.1 Å². The van der Waals surface area contributed by atoms with Crippen molar-refractivity contribution in [3.63, 3.8) is 0 Å². The van der Waals surface area contributed by atoms with Crippen molar-refractivity contribution in [1.29, 1.82) is 0 Å². The molecule has 0 saturated carbocycles. The van der Waals surface area contributed by atoms with E-state index in [2.05, 4.69) is 10.5 Å². The molecule has 112 valence electrons. The number of benzene rings is 2. The summed E-state index contributed by atoms with van der Waals surface area (Å²) in [7, 11) is 0. The zero-order chi connectivity index (χ0) is 15.9. The van der Waals surface area contributed by atoms with E-state index in [4.69, 9.17) is 12.2 Å². The Morgan fingerprint density at radius 1 is 1.32 bits per heavy atom. The van der Waals surface area contributed by atoms with Crippen LogP contribution in [-0.2, 0) is 6.42 Å². The summed E-state index contributed by atoms with van der Waals surface area (Å²) < 4.78 is 0. The summed E-state index contributed by atoms with van der Waals surface area (Å²) in [4.78, 5) is 10.7. The number of thiocarbonyl (C=S) groups is 1. The predicted molar refractivity (Wildman–Crippen MR) is 88.2 cm³/mol. The second-order valence-corrected chi connectivity index (χ2v) is 4.95. The fraction of sp³-hybridized carbons (Fsp3) is 0.0667. The van der Waals surface area contributed by atoms with Crippen LogP contribution in [0.1, 0.15) is 11.1 Å². The Labute approximate surface area is 132 Å². The van der Waals surface area contributed by atoms with Gasteiger partial charge in [0, 0.05) is 24.1 Å². The molecule has 22 heavy (non-hydrogen) atoms. The van der Waals surface area contributed by atoms with E-state index in [1.165, 1.54) is 24.4 Å². The number of rotatable bonds is 5. The molecule has 0 radical (unpaired) electrons. The maximum Gasteiger partial charge on any atom is 0.270 e. The topological polar surface area (TPSA) is 87.8 Å². The minimum Gasteiger partial charge on any atom is -0.507 e. The highest BCUT2D eigenvalue weighted by molar-refractivity contribution is 7.80. The lowest BCUT2D eigenvalue weighted by molar-refractivity contribution is -0.384. The first-order valence-corrected chi connectivity index (χ1v) is 6.80. The molecule has 0 aliphatic heterocycles. The molecule has 0 fully saturated rings. The number of hydrogen-bond donors (Lipinski definition) is 2. The fourth-order valence-corrected chi connectivity index (χ4v) is 1.97. The van der Waals surface area contributed by atoms with E-state index in [0.29, 0.717) is 11.4 Å². The molecule has 0 saturated heterocycles. The minimum atomic E-state index is -0.537. The van der Waals surface area contributed by atoms with E-state index >= 15 is 0 Å². The molecule has 0 spiro atoms. The summed E-state index contributed by atoms with van der Waals surface area (Å²) in [5.74, 6) is -0.0925. The summed E-state index contributed by atoms with van der Waals surface area (Å²) in [6.07, 6.45) is 1.83. The zero-order valence-electron chi connectivity index (χ0n) is 11.5. The van der Waals surface area contributed by atoms with Crippen LogP contribution in [0.5, 0.6) is 5.75 Å². The van der Waals surface area contributed by atoms with Gasteiger partial charge in [-0.1, -0.05) is 42.5 Å². The molecular weight excluding hydrogens is 302 g/mol. The molecule has 0 unspecified atom stereocenters. The Balaban J connectivity index is 1.99. The largest absolute Gasteiger partial charge is 0.507 e. The lowest BCUT2D eigenvalue weighted by atomic mass is 10.1. The standard InChI is InChI=1S/C15H13N3O3S/c19-14-7-6-13(18(20)21)9-12(14)10-16-17-15(22)8-11-4-2-1-3-5-11/h1-7,9-10,19H,8H2,(H,17,22)/b16-10+. The first-order chi connectivity index (χ1) is 10.6. The van der Waals surface area contributed by atoms with E-state index in [1.807, 2.05) is 30.3 Å². The summed E-state index contributed by atoms with van der Waals surface area (Å²) in [5, 5.41) is 24.2. The molecule has 6 nitrogen and oxygen atoms in total. The molecule has 0 atom stereocenters. The van der Waals surface area contributed by atoms with Crippen LogP contribution in [0.3, 0.4) is 0 Å². The third-order valence-corrected chi connectivity index (χ3v) is 3.06. The van der Waals surface area contributed by atoms with Gasteiger partial charge < -0.3 is 5.11 Å². The Morgan fingerprint density at radius 3 is 2.73 bits per heavy atom. The molecule has 2 aromatic carbocycles. The molecule has 0 aliphatic rings. The monoisotopic (exact) mass is 315 g/mol. The van der Waals surface area contributed by atoms with Gasteiger partial charge in [0.15, 0.2) is 0 Å². The summed E-state index contributed by atoms with van der Waals surface area (Å²) in [6.45, 7) is 0. The van der Waals surface area contributed by atoms with Crippen LogP contribution in [0.15, 0.2) is 53.6 Å². The molecule has 0 amide bonds. The van der Waals surface area contributed by atoms with Crippen molar-refractivity contribution in [1.82, 2.24) is 5.43 Å². The van der Waals surface area contributed by atoms with Crippen molar-refractivity contribution >= 4 is 29.1 Å². The maximum absolute atomic E-state index is 10.7. The van der Waals surface area contributed by atoms with Crippen molar-refractivity contribution in [2.75, 3.05) is 0 Å². The van der Waals surface area contributed by atoms with Gasteiger partial charge in [-0.2, -0.15) is 5.10 Å². The number of nitrogens with one attached hydrogen (secondary N) is 1. The molecule has 2 aromatic rings. The van der Waals surface area contributed by atoms with Gasteiger partial charge in [-0.15, -0.1) is 0 Å². The van der Waals surface area contributed by atoms with Crippen LogP contribution in [0, 0.1) is 10.1 Å². The van der Waals surface area contributed by atoms with Crippen LogP contribution >= 0.6 is 12.2 Å². The molecule has 2 rings (SSSR count). The van der Waals surface area contributed by atoms with E-state index < -0.39 is 4.92 Å². The summed E-state index contributed by atoms with van der Waals surface area (Å²) >= 11 is 5.16. The van der Waals surface area contributed by atoms with Crippen molar-refractivity contribution < 1.29 is 10.0 Å². The fourth-order valence-electron chi connectivity index (χ4n) is 1.75. The van der Waals surface area contributed by atoms with Gasteiger partial charge in [-0.3, -0.25) is 15.5 Å². The molecule has 2 N–H and O–H groups in total. The summed E-state index contributed by atoms with van der Waals surface area (Å²) in [6, 6.07) is 13.4. The van der Waals surface area contributed by atoms with Crippen LogP contribution in [0.2, 0.25) is 0 Å². The first kappa shape index (κ1) is 15.6. The molecule has 7 heteroatoms. The number of hydrazone groups is 1. The summed E-state index contributed by atoms with van der Waals surface area (Å²) in [5.41, 5.74) is 3.85. The average molecular weight is 315 g/mol. The number of phenolic OH excluding ortho intramolecular Hbond substituents is 1. The van der Waals surface area contributed by atoms with Gasteiger partial charge in [0.2, 0.25) is 0 Å². The third-order valence-electron chi connectivity index (χ3n) is 2.82. The smallest absolute Gasteiger partial charge is 0.270 e. The van der Waals surface area contributed by atoms with Crippen LogP contribution in [-0.4, -0.2) is 21.2 Å². The molecule has 0 heterocycles. The number of nitrogens with zero attached hydrogens (tertiary/aromatic N) is 2. The quantitative estimate of drug-likeness (QED) is 0.383. The second kappa shape index (κ2) is 7.28. The molecule has 0 bridgehead atoms. The Morgan fingerprint density at radius 2 is 2.05 bits per heavy atom. The van der Waals surface area contributed by atoms with E-state index in [-0.39, 0.29) is 17.0 Å². The van der Waals surface area contributed by atoms with Crippen molar-refractivity contribution in [3.05, 3.63) is 69.8 Å². The van der Waals surface area contributed by atoms with Crippen molar-refractivity contribution in [2.24, 2.45) is 5.10 Å². The van der Waals surface area contributed by atoms with E-state index in [0.717, 1.165) is 5.56 Å². The number of nitro groups is 1. The van der Waals surface area contributed by atoms with Crippen molar-refractivity contribution in [2.45, 2.75) is 6.42 Å². The second-order valence-electron chi connectivity index (χ2n) is 4.46. The number of aromatic hydroxyl groups is 1. The Kier molecular flexibility index (Phi) is 5.16. The van der Waals surface area contributed by atoms with Crippen molar-refractivity contribution in [3.8, 4) is 5.75 Å². The van der Waals surface area contributed by atoms with Crippen LogP contribution in [0.25, 0.3) is 0 Å². The van der Waals surface area contributed by atoms with Gasteiger partial charge in [0.1, 0.15) is 10.7 Å². The molecule has 0 aromatic heterocycles. The highest BCUT2D eigenvalue weighted by Gasteiger charge is 2.08. The number of non-ortho nitro benzene ring substituents is 1. The van der Waals surface area contributed by atoms with Gasteiger partial charge in [0.25, 0.3) is 5.69 Å². The van der Waals surface area contributed by atoms with E-state index in [1.54, 1.807) is 0 Å². The van der Waals surface area contributed by atoms with Gasteiger partial charge in [-0.25, -0.2) is 0 Å². The zero-order valence-corrected chi connectivity index (χ0v) is 12.3. The normalized spacial score (nSPS) is 10.5. The van der Waals surface area contributed by atoms with Crippen LogP contribution < -0.4 is 5.43 Å². The lowest BCUT2D eigenvalue weighted by Crippen LogP contribution is -2.17. The lowest BCUT2D eigenvalue weighted by Gasteiger charge is -2.03. The maximum atomic E-state index is 10.7. The number of hydrogen-bond acceptors (Lipinski definition) is 5. The molecular formula is C15H13N3O3S. The first-order valence-electron chi connectivity index (χ1n) is 6.39.